The van der Waals surface area contributed by atoms with Gasteiger partial charge in [-0.05, 0) is 30.7 Å². The number of aromatic amines is 1. The number of H-pyrrole nitrogens is 1. The Bertz CT molecular complexity index is 346. The summed E-state index contributed by atoms with van der Waals surface area (Å²) < 4.78 is 8.01. The maximum atomic E-state index is 11.0. The van der Waals surface area contributed by atoms with Crippen LogP contribution in [0.25, 0.3) is 0 Å². The van der Waals surface area contributed by atoms with Crippen molar-refractivity contribution in [3.63, 3.8) is 0 Å². The van der Waals surface area contributed by atoms with Gasteiger partial charge in [0.25, 0.3) is 0 Å². The second kappa shape index (κ2) is 4.73. The molecule has 0 aromatic carbocycles. The topological polar surface area (TPSA) is 55.0 Å². The number of esters is 1. The van der Waals surface area contributed by atoms with Gasteiger partial charge in [-0.2, -0.15) is 0 Å². The van der Waals surface area contributed by atoms with Crippen LogP contribution in [-0.2, 0) is 9.53 Å². The Hall–Kier alpha value is -0.400. The van der Waals surface area contributed by atoms with Gasteiger partial charge >= 0.3 is 5.97 Å². The lowest BCUT2D eigenvalue weighted by molar-refractivity contribution is -0.139. The monoisotopic (exact) mass is 236 g/mol. The number of methoxy groups -OCH3 is 1. The SMILES string of the molecule is COC(=O)C(C)Sc1nc(=S)s[nH]1. The fourth-order valence-corrected chi connectivity index (χ4v) is 2.33. The van der Waals surface area contributed by atoms with Gasteiger partial charge < -0.3 is 4.74 Å². The molecule has 0 aliphatic heterocycles. The number of thioether (sulfide) groups is 1. The summed E-state index contributed by atoms with van der Waals surface area (Å²) in [6.07, 6.45) is 0. The van der Waals surface area contributed by atoms with Crippen LogP contribution in [-0.4, -0.2) is 27.7 Å². The van der Waals surface area contributed by atoms with Crippen molar-refractivity contribution in [1.29, 1.82) is 0 Å². The molecule has 0 amide bonds. The molecule has 1 aromatic rings. The van der Waals surface area contributed by atoms with E-state index in [4.69, 9.17) is 12.2 Å². The van der Waals surface area contributed by atoms with Gasteiger partial charge in [-0.25, -0.2) is 4.98 Å². The summed E-state index contributed by atoms with van der Waals surface area (Å²) in [5.74, 6) is -0.266. The van der Waals surface area contributed by atoms with E-state index in [1.165, 1.54) is 30.4 Å². The summed E-state index contributed by atoms with van der Waals surface area (Å²) in [6.45, 7) is 1.76. The van der Waals surface area contributed by atoms with E-state index in [0.29, 0.717) is 9.11 Å². The maximum Gasteiger partial charge on any atom is 0.318 e. The highest BCUT2D eigenvalue weighted by atomic mass is 32.2. The summed E-state index contributed by atoms with van der Waals surface area (Å²) in [4.78, 5) is 15.0. The number of ether oxygens (including phenoxy) is 1. The number of nitrogens with one attached hydrogen (secondary N) is 1. The highest BCUT2D eigenvalue weighted by Crippen LogP contribution is 2.20. The van der Waals surface area contributed by atoms with E-state index in [0.717, 1.165) is 0 Å². The van der Waals surface area contributed by atoms with Gasteiger partial charge in [0.1, 0.15) is 5.25 Å². The molecule has 1 unspecified atom stereocenters. The Labute approximate surface area is 88.9 Å². The molecular weight excluding hydrogens is 228 g/mol. The molecule has 0 bridgehead atoms. The second-order valence-corrected chi connectivity index (χ2v) is 4.94. The van der Waals surface area contributed by atoms with Crippen molar-refractivity contribution in [2.75, 3.05) is 7.11 Å². The van der Waals surface area contributed by atoms with Crippen molar-refractivity contribution >= 4 is 41.5 Å². The zero-order valence-electron chi connectivity index (χ0n) is 7.07. The molecule has 13 heavy (non-hydrogen) atoms. The van der Waals surface area contributed by atoms with Gasteiger partial charge in [0.05, 0.1) is 7.11 Å². The third-order valence-electron chi connectivity index (χ3n) is 1.24. The number of carbonyl (C=O) groups is 1. The smallest absolute Gasteiger partial charge is 0.318 e. The first-order chi connectivity index (χ1) is 6.13. The third-order valence-corrected chi connectivity index (χ3v) is 3.23. The van der Waals surface area contributed by atoms with Gasteiger partial charge in [0.15, 0.2) is 9.11 Å². The first-order valence-electron chi connectivity index (χ1n) is 3.43. The zero-order valence-corrected chi connectivity index (χ0v) is 9.52. The summed E-state index contributed by atoms with van der Waals surface area (Å²) in [5, 5.41) is 0.394. The lowest BCUT2D eigenvalue weighted by Crippen LogP contribution is -2.14. The molecule has 1 aromatic heterocycles. The Kier molecular flexibility index (Phi) is 3.89. The van der Waals surface area contributed by atoms with Crippen molar-refractivity contribution in [2.24, 2.45) is 0 Å². The molecule has 4 nitrogen and oxygen atoms in total. The lowest BCUT2D eigenvalue weighted by Gasteiger charge is -2.04. The summed E-state index contributed by atoms with van der Waals surface area (Å²) in [7, 11) is 1.36. The molecule has 72 valence electrons. The van der Waals surface area contributed by atoms with E-state index < -0.39 is 0 Å². The van der Waals surface area contributed by atoms with E-state index in [-0.39, 0.29) is 11.2 Å². The van der Waals surface area contributed by atoms with E-state index in [2.05, 4.69) is 14.1 Å². The maximum absolute atomic E-state index is 11.0. The van der Waals surface area contributed by atoms with Crippen molar-refractivity contribution < 1.29 is 9.53 Å². The predicted molar refractivity (Wildman–Crippen MR) is 54.6 cm³/mol. The minimum absolute atomic E-state index is 0.266. The van der Waals surface area contributed by atoms with Crippen LogP contribution in [0.4, 0.5) is 0 Å². The Morgan fingerprint density at radius 2 is 2.54 bits per heavy atom. The van der Waals surface area contributed by atoms with Gasteiger partial charge in [-0.1, -0.05) is 11.8 Å². The molecule has 1 atom stereocenters. The molecule has 1 rings (SSSR count). The second-order valence-electron chi connectivity index (χ2n) is 2.17. The van der Waals surface area contributed by atoms with Gasteiger partial charge in [0, 0.05) is 0 Å². The molecule has 7 heteroatoms. The van der Waals surface area contributed by atoms with Gasteiger partial charge in [-0.3, -0.25) is 9.17 Å². The number of rotatable bonds is 3. The van der Waals surface area contributed by atoms with Crippen molar-refractivity contribution in [1.82, 2.24) is 9.36 Å². The molecular formula is C6H8N2O2S3. The van der Waals surface area contributed by atoms with Gasteiger partial charge in [-0.15, -0.1) is 0 Å². The van der Waals surface area contributed by atoms with Crippen LogP contribution >= 0.6 is 35.5 Å². The molecule has 1 heterocycles. The lowest BCUT2D eigenvalue weighted by atomic mass is 10.5. The van der Waals surface area contributed by atoms with Crippen LogP contribution in [0.5, 0.6) is 0 Å². The van der Waals surface area contributed by atoms with Crippen LogP contribution in [0, 0.1) is 3.95 Å². The van der Waals surface area contributed by atoms with Crippen molar-refractivity contribution in [3.8, 4) is 0 Å². The van der Waals surface area contributed by atoms with Crippen LogP contribution in [0.1, 0.15) is 6.92 Å². The molecule has 0 fully saturated rings. The van der Waals surface area contributed by atoms with Gasteiger partial charge in [0.2, 0.25) is 0 Å². The largest absolute Gasteiger partial charge is 0.468 e. The Morgan fingerprint density at radius 3 is 3.00 bits per heavy atom. The fraction of sp³-hybridized carbons (Fsp3) is 0.500. The fourth-order valence-electron chi connectivity index (χ4n) is 0.648. The number of hydrogen-bond acceptors (Lipinski definition) is 6. The standard InChI is InChI=1S/C6H8N2O2S3/c1-3(4(9)10-2)12-5-7-6(11)13-8-5/h3H,1-2H3,(H,7,8,11). The van der Waals surface area contributed by atoms with E-state index in [9.17, 15) is 4.79 Å². The van der Waals surface area contributed by atoms with Crippen LogP contribution < -0.4 is 0 Å². The Morgan fingerprint density at radius 1 is 1.85 bits per heavy atom. The average Bonchev–Trinajstić information content (AvgIpc) is 2.49. The third kappa shape index (κ3) is 3.09. The molecule has 0 radical (unpaired) electrons. The van der Waals surface area contributed by atoms with Crippen LogP contribution in [0.3, 0.4) is 0 Å². The highest BCUT2D eigenvalue weighted by molar-refractivity contribution is 8.00. The quantitative estimate of drug-likeness (QED) is 0.493. The molecule has 0 saturated heterocycles. The number of nitrogens with zero attached hydrogens (tertiary/aromatic N) is 1. The summed E-state index contributed by atoms with van der Waals surface area (Å²) >= 11 is 7.40. The summed E-state index contributed by atoms with van der Waals surface area (Å²) in [6, 6.07) is 0. The minimum atomic E-state index is -0.266. The number of aromatic nitrogens is 2. The molecule has 1 N–H and O–H groups in total. The first-order valence-corrected chi connectivity index (χ1v) is 5.54. The number of carbonyl (C=O) groups excluding carboxylic acids is 1. The Balaban J connectivity index is 2.59. The molecule has 0 saturated carbocycles. The van der Waals surface area contributed by atoms with Crippen molar-refractivity contribution in [3.05, 3.63) is 3.95 Å². The van der Waals surface area contributed by atoms with Crippen molar-refractivity contribution in [2.45, 2.75) is 17.3 Å². The van der Waals surface area contributed by atoms with Crippen LogP contribution in [0.2, 0.25) is 0 Å². The highest BCUT2D eigenvalue weighted by Gasteiger charge is 2.15. The number of hydrogen-bond donors (Lipinski definition) is 1. The molecule has 0 aliphatic carbocycles. The van der Waals surface area contributed by atoms with E-state index >= 15 is 0 Å². The molecule has 0 spiro atoms. The average molecular weight is 236 g/mol. The first kappa shape index (κ1) is 10.7. The zero-order chi connectivity index (χ0) is 9.84. The van der Waals surface area contributed by atoms with E-state index in [1.54, 1.807) is 6.92 Å². The summed E-state index contributed by atoms with van der Waals surface area (Å²) in [5.41, 5.74) is 0. The van der Waals surface area contributed by atoms with Crippen LogP contribution in [0.15, 0.2) is 5.16 Å². The minimum Gasteiger partial charge on any atom is -0.468 e. The normalized spacial score (nSPS) is 12.5. The van der Waals surface area contributed by atoms with E-state index in [1.807, 2.05) is 0 Å². The molecule has 0 aliphatic rings. The predicted octanol–water partition coefficient (Wildman–Crippen LogP) is 1.85.